The highest BCUT2D eigenvalue weighted by Crippen LogP contribution is 2.35. The van der Waals surface area contributed by atoms with Crippen molar-refractivity contribution in [2.75, 3.05) is 5.73 Å². The van der Waals surface area contributed by atoms with E-state index < -0.39 is 3.79 Å². The monoisotopic (exact) mass is 241 g/mol. The van der Waals surface area contributed by atoms with Crippen molar-refractivity contribution in [1.82, 2.24) is 15.0 Å². The predicted molar refractivity (Wildman–Crippen MR) is 51.4 cm³/mol. The van der Waals surface area contributed by atoms with Crippen molar-refractivity contribution in [2.45, 2.75) is 10.3 Å². The maximum absolute atomic E-state index is 5.54. The normalized spacial score (nSPS) is 11.7. The molecule has 0 fully saturated rings. The number of anilines is 1. The van der Waals surface area contributed by atoms with Crippen molar-refractivity contribution in [1.29, 1.82) is 0 Å². The Kier molecular flexibility index (Phi) is 3.13. The summed E-state index contributed by atoms with van der Waals surface area (Å²) in [4.78, 5) is 11.2. The molecular formula is C5H6Cl3N5. The summed E-state index contributed by atoms with van der Waals surface area (Å²) in [6.07, 6.45) is 0. The number of nitrogens with zero attached hydrogens (tertiary/aromatic N) is 3. The Labute approximate surface area is 89.4 Å². The summed E-state index contributed by atoms with van der Waals surface area (Å²) in [7, 11) is 0. The topological polar surface area (TPSA) is 90.7 Å². The van der Waals surface area contributed by atoms with Crippen LogP contribution in [0.2, 0.25) is 0 Å². The third-order valence-electron chi connectivity index (χ3n) is 1.14. The molecule has 0 atom stereocenters. The van der Waals surface area contributed by atoms with Crippen LogP contribution in [-0.2, 0) is 10.3 Å². The van der Waals surface area contributed by atoms with E-state index >= 15 is 0 Å². The molecule has 0 aromatic carbocycles. The van der Waals surface area contributed by atoms with Gasteiger partial charge in [-0.05, 0) is 0 Å². The molecule has 0 aliphatic rings. The molecule has 1 aromatic rings. The van der Waals surface area contributed by atoms with Crippen molar-refractivity contribution in [2.24, 2.45) is 5.73 Å². The molecule has 0 spiro atoms. The number of aromatic nitrogens is 3. The minimum Gasteiger partial charge on any atom is -0.368 e. The van der Waals surface area contributed by atoms with Gasteiger partial charge < -0.3 is 11.5 Å². The second-order valence-corrected chi connectivity index (χ2v) is 4.42. The Hall–Kier alpha value is -0.360. The molecule has 5 nitrogen and oxygen atoms in total. The molecule has 72 valence electrons. The summed E-state index contributed by atoms with van der Waals surface area (Å²) >= 11 is 16.6. The van der Waals surface area contributed by atoms with E-state index in [9.17, 15) is 0 Å². The second-order valence-electron chi connectivity index (χ2n) is 2.14. The molecule has 0 aliphatic heterocycles. The maximum atomic E-state index is 5.54. The average molecular weight is 242 g/mol. The lowest BCUT2D eigenvalue weighted by molar-refractivity contribution is 0.829. The van der Waals surface area contributed by atoms with Crippen LogP contribution < -0.4 is 11.5 Å². The number of halogens is 3. The quantitative estimate of drug-likeness (QED) is 0.709. The lowest BCUT2D eigenvalue weighted by atomic mass is 10.5. The molecule has 1 rings (SSSR count). The van der Waals surface area contributed by atoms with Gasteiger partial charge in [0, 0.05) is 0 Å². The first kappa shape index (κ1) is 10.7. The van der Waals surface area contributed by atoms with Crippen molar-refractivity contribution in [3.05, 3.63) is 11.6 Å². The summed E-state index contributed by atoms with van der Waals surface area (Å²) in [6, 6.07) is 0. The van der Waals surface area contributed by atoms with Crippen LogP contribution in [0.15, 0.2) is 0 Å². The predicted octanol–water partition coefficient (Wildman–Crippen LogP) is 0.739. The Morgan fingerprint density at radius 3 is 2.23 bits per heavy atom. The van der Waals surface area contributed by atoms with Gasteiger partial charge in [-0.25, -0.2) is 4.98 Å². The highest BCUT2D eigenvalue weighted by Gasteiger charge is 2.27. The molecule has 0 bridgehead atoms. The molecule has 1 aromatic heterocycles. The molecule has 0 radical (unpaired) electrons. The van der Waals surface area contributed by atoms with E-state index in [-0.39, 0.29) is 24.1 Å². The molecule has 4 N–H and O–H groups in total. The first-order valence-electron chi connectivity index (χ1n) is 3.21. The molecule has 0 aliphatic carbocycles. The third kappa shape index (κ3) is 2.80. The van der Waals surface area contributed by atoms with E-state index in [0.29, 0.717) is 0 Å². The van der Waals surface area contributed by atoms with Crippen molar-refractivity contribution >= 4 is 40.8 Å². The average Bonchev–Trinajstić information content (AvgIpc) is 2.01. The Bertz CT molecular complexity index is 310. The van der Waals surface area contributed by atoms with Crippen LogP contribution in [0.1, 0.15) is 11.6 Å². The van der Waals surface area contributed by atoms with Crippen molar-refractivity contribution in [3.63, 3.8) is 0 Å². The van der Waals surface area contributed by atoms with Gasteiger partial charge >= 0.3 is 0 Å². The number of hydrogen-bond donors (Lipinski definition) is 2. The second kappa shape index (κ2) is 3.79. The smallest absolute Gasteiger partial charge is 0.250 e. The van der Waals surface area contributed by atoms with E-state index in [1.165, 1.54) is 0 Å². The van der Waals surface area contributed by atoms with Crippen LogP contribution in [0, 0.1) is 0 Å². The maximum Gasteiger partial charge on any atom is 0.250 e. The van der Waals surface area contributed by atoms with Gasteiger partial charge in [-0.1, -0.05) is 34.8 Å². The molecule has 0 saturated heterocycles. The lowest BCUT2D eigenvalue weighted by Crippen LogP contribution is -2.15. The number of alkyl halides is 3. The Balaban J connectivity index is 3.16. The zero-order valence-electron chi connectivity index (χ0n) is 6.34. The molecular weight excluding hydrogens is 236 g/mol. The first-order chi connectivity index (χ1) is 5.93. The molecule has 0 amide bonds. The standard InChI is InChI=1S/C5H6Cl3N5/c6-5(7,8)3-11-2(1-9)12-4(10)13-3/h1,9H2,(H2,10,11,12,13). The van der Waals surface area contributed by atoms with Gasteiger partial charge in [0.2, 0.25) is 9.74 Å². The molecule has 1 heterocycles. The molecule has 0 unspecified atom stereocenters. The van der Waals surface area contributed by atoms with Gasteiger partial charge in [0.1, 0.15) is 5.82 Å². The lowest BCUT2D eigenvalue weighted by Gasteiger charge is -2.09. The van der Waals surface area contributed by atoms with E-state index in [4.69, 9.17) is 46.3 Å². The van der Waals surface area contributed by atoms with Crippen molar-refractivity contribution in [3.8, 4) is 0 Å². The SMILES string of the molecule is NCc1nc(N)nc(C(Cl)(Cl)Cl)n1. The zero-order chi connectivity index (χ0) is 10.1. The highest BCUT2D eigenvalue weighted by molar-refractivity contribution is 6.66. The van der Waals surface area contributed by atoms with Gasteiger partial charge in [-0.15, -0.1) is 0 Å². The minimum absolute atomic E-state index is 0.0169. The van der Waals surface area contributed by atoms with Gasteiger partial charge in [0.25, 0.3) is 0 Å². The fraction of sp³-hybridized carbons (Fsp3) is 0.400. The molecule has 0 saturated carbocycles. The fourth-order valence-electron chi connectivity index (χ4n) is 0.656. The summed E-state index contributed by atoms with van der Waals surface area (Å²) in [6.45, 7) is 0.112. The number of hydrogen-bond acceptors (Lipinski definition) is 5. The highest BCUT2D eigenvalue weighted by atomic mass is 35.6. The number of rotatable bonds is 1. The molecule has 8 heteroatoms. The third-order valence-corrected chi connectivity index (χ3v) is 1.64. The van der Waals surface area contributed by atoms with Crippen LogP contribution in [0.25, 0.3) is 0 Å². The zero-order valence-corrected chi connectivity index (χ0v) is 8.61. The molecule has 13 heavy (non-hydrogen) atoms. The Morgan fingerprint density at radius 1 is 1.15 bits per heavy atom. The van der Waals surface area contributed by atoms with E-state index in [0.717, 1.165) is 0 Å². The fourth-order valence-corrected chi connectivity index (χ4v) is 0.910. The largest absolute Gasteiger partial charge is 0.368 e. The van der Waals surface area contributed by atoms with Crippen LogP contribution in [-0.4, -0.2) is 15.0 Å². The summed E-state index contributed by atoms with van der Waals surface area (Å²) in [5.74, 6) is 0.246. The summed E-state index contributed by atoms with van der Waals surface area (Å²) in [5, 5.41) is 0. The van der Waals surface area contributed by atoms with Crippen LogP contribution in [0.5, 0.6) is 0 Å². The van der Waals surface area contributed by atoms with E-state index in [2.05, 4.69) is 15.0 Å². The van der Waals surface area contributed by atoms with Crippen LogP contribution in [0.4, 0.5) is 5.95 Å². The van der Waals surface area contributed by atoms with Crippen LogP contribution >= 0.6 is 34.8 Å². The van der Waals surface area contributed by atoms with Gasteiger partial charge in [0.15, 0.2) is 5.82 Å². The minimum atomic E-state index is -1.71. The van der Waals surface area contributed by atoms with Gasteiger partial charge in [0.05, 0.1) is 6.54 Å². The number of nitrogen functional groups attached to an aromatic ring is 1. The number of nitrogens with two attached hydrogens (primary N) is 2. The van der Waals surface area contributed by atoms with E-state index in [1.807, 2.05) is 0 Å². The first-order valence-corrected chi connectivity index (χ1v) is 4.34. The van der Waals surface area contributed by atoms with Gasteiger partial charge in [-0.2, -0.15) is 9.97 Å². The van der Waals surface area contributed by atoms with Gasteiger partial charge in [-0.3, -0.25) is 0 Å². The van der Waals surface area contributed by atoms with Crippen LogP contribution in [0.3, 0.4) is 0 Å². The Morgan fingerprint density at radius 2 is 1.77 bits per heavy atom. The van der Waals surface area contributed by atoms with Crippen molar-refractivity contribution < 1.29 is 0 Å². The summed E-state index contributed by atoms with van der Waals surface area (Å²) in [5.41, 5.74) is 10.6. The van der Waals surface area contributed by atoms with E-state index in [1.54, 1.807) is 0 Å². The summed E-state index contributed by atoms with van der Waals surface area (Å²) < 4.78 is -1.71.